The fourth-order valence-corrected chi connectivity index (χ4v) is 3.75. The zero-order valence-corrected chi connectivity index (χ0v) is 16.7. The first-order valence-corrected chi connectivity index (χ1v) is 9.57. The summed E-state index contributed by atoms with van der Waals surface area (Å²) in [4.78, 5) is 0.847. The summed E-state index contributed by atoms with van der Waals surface area (Å²) in [7, 11) is 0. The van der Waals surface area contributed by atoms with E-state index < -0.39 is 10.2 Å². The maximum Gasteiger partial charge on any atom is 0.191 e. The summed E-state index contributed by atoms with van der Waals surface area (Å²) >= 11 is 2.41. The number of nitrogens with one attached hydrogen (secondary N) is 2. The Morgan fingerprint density at radius 3 is 2.38 bits per heavy atom. The molecule has 5 nitrogen and oxygen atoms in total. The zero-order chi connectivity index (χ0) is 19.5. The number of aliphatic hydroxyl groups excluding tert-OH is 1. The minimum absolute atomic E-state index is 0.0790. The highest BCUT2D eigenvalue weighted by molar-refractivity contribution is 8.28. The van der Waals surface area contributed by atoms with Crippen LogP contribution >= 0.6 is 23.5 Å². The second-order valence-corrected chi connectivity index (χ2v) is 9.66. The van der Waals surface area contributed by atoms with Crippen LogP contribution in [0, 0.1) is 16.6 Å². The number of hydrogen-bond acceptors (Lipinski definition) is 7. The van der Waals surface area contributed by atoms with E-state index in [2.05, 4.69) is 5.16 Å². The Balaban J connectivity index is 2.05. The maximum absolute atomic E-state index is 13.0. The summed E-state index contributed by atoms with van der Waals surface area (Å²) in [5, 5.41) is 30.2. The van der Waals surface area contributed by atoms with Gasteiger partial charge in [0.05, 0.1) is 22.1 Å². The summed E-state index contributed by atoms with van der Waals surface area (Å²) in [6, 6.07) is 7.74. The average molecular weight is 396 g/mol. The summed E-state index contributed by atoms with van der Waals surface area (Å²) in [6.45, 7) is 7.33. The van der Waals surface area contributed by atoms with Crippen molar-refractivity contribution in [3.8, 4) is 0 Å². The van der Waals surface area contributed by atoms with E-state index in [9.17, 15) is 9.50 Å². The SMILES string of the molecule is CC(C)(Sc1ccc(F)cc1)C(=N)SC(=N)c1cc(C(C)(C)CO)no1. The van der Waals surface area contributed by atoms with Gasteiger partial charge < -0.3 is 9.63 Å². The molecule has 140 valence electrons. The minimum Gasteiger partial charge on any atom is -0.395 e. The number of benzene rings is 1. The number of aliphatic hydroxyl groups is 1. The molecule has 2 aromatic rings. The Kier molecular flexibility index (Phi) is 6.31. The molecule has 26 heavy (non-hydrogen) atoms. The molecular formula is C18H22FN3O2S2. The monoisotopic (exact) mass is 395 g/mol. The molecule has 0 unspecified atom stereocenters. The van der Waals surface area contributed by atoms with E-state index in [1.807, 2.05) is 27.7 Å². The van der Waals surface area contributed by atoms with E-state index >= 15 is 0 Å². The molecule has 0 bridgehead atoms. The Labute approximate surface area is 160 Å². The lowest BCUT2D eigenvalue weighted by atomic mass is 9.90. The van der Waals surface area contributed by atoms with Gasteiger partial charge >= 0.3 is 0 Å². The van der Waals surface area contributed by atoms with Crippen LogP contribution in [0.3, 0.4) is 0 Å². The molecule has 0 fully saturated rings. The Morgan fingerprint density at radius 2 is 1.81 bits per heavy atom. The first kappa shape index (κ1) is 20.7. The van der Waals surface area contributed by atoms with Gasteiger partial charge in [-0.05, 0) is 38.1 Å². The van der Waals surface area contributed by atoms with E-state index in [4.69, 9.17) is 15.3 Å². The first-order chi connectivity index (χ1) is 12.0. The second-order valence-electron chi connectivity index (χ2n) is 6.95. The number of rotatable bonds is 6. The third-order valence-electron chi connectivity index (χ3n) is 3.76. The van der Waals surface area contributed by atoms with E-state index in [0.717, 1.165) is 16.7 Å². The summed E-state index contributed by atoms with van der Waals surface area (Å²) in [5.41, 5.74) is 0.00425. The van der Waals surface area contributed by atoms with Crippen LogP contribution < -0.4 is 0 Å². The summed E-state index contributed by atoms with van der Waals surface area (Å²) in [6.07, 6.45) is 0. The molecule has 0 saturated heterocycles. The minimum atomic E-state index is -0.595. The Morgan fingerprint density at radius 1 is 1.19 bits per heavy atom. The number of hydrogen-bond donors (Lipinski definition) is 3. The predicted molar refractivity (Wildman–Crippen MR) is 105 cm³/mol. The number of aromatic nitrogens is 1. The van der Waals surface area contributed by atoms with Crippen molar-refractivity contribution in [2.75, 3.05) is 6.61 Å². The number of nitrogens with zero attached hydrogens (tertiary/aromatic N) is 1. The smallest absolute Gasteiger partial charge is 0.191 e. The van der Waals surface area contributed by atoms with Crippen molar-refractivity contribution in [2.24, 2.45) is 0 Å². The third-order valence-corrected chi connectivity index (χ3v) is 6.23. The lowest BCUT2D eigenvalue weighted by Crippen LogP contribution is -2.25. The van der Waals surface area contributed by atoms with Crippen molar-refractivity contribution >= 4 is 33.6 Å². The highest BCUT2D eigenvalue weighted by Gasteiger charge is 2.29. The number of halogens is 1. The lowest BCUT2D eigenvalue weighted by molar-refractivity contribution is 0.210. The largest absolute Gasteiger partial charge is 0.395 e. The fourth-order valence-electron chi connectivity index (χ4n) is 1.90. The lowest BCUT2D eigenvalue weighted by Gasteiger charge is -2.24. The molecule has 1 aromatic carbocycles. The maximum atomic E-state index is 13.0. The van der Waals surface area contributed by atoms with Crippen molar-refractivity contribution in [1.82, 2.24) is 5.16 Å². The molecule has 0 atom stereocenters. The van der Waals surface area contributed by atoms with Gasteiger partial charge in [0.15, 0.2) is 5.76 Å². The molecule has 0 aliphatic heterocycles. The molecule has 2 rings (SSSR count). The first-order valence-electron chi connectivity index (χ1n) is 7.93. The van der Waals surface area contributed by atoms with Gasteiger partial charge in [-0.25, -0.2) is 4.39 Å². The Hall–Kier alpha value is -1.64. The molecule has 0 aliphatic rings. The van der Waals surface area contributed by atoms with E-state index in [-0.39, 0.29) is 28.3 Å². The van der Waals surface area contributed by atoms with Crippen LogP contribution in [0.15, 0.2) is 39.8 Å². The highest BCUT2D eigenvalue weighted by atomic mass is 32.2. The summed E-state index contributed by atoms with van der Waals surface area (Å²) < 4.78 is 17.6. The standard InChI is InChI=1S/C18H22FN3O2S2/c1-17(2,10-23)14-9-13(24-22-14)15(20)25-16(21)18(3,4)26-12-7-5-11(19)6-8-12/h5-9,20-21,23H,10H2,1-4H3. The normalized spacial score (nSPS) is 12.2. The van der Waals surface area contributed by atoms with Gasteiger partial charge in [0.1, 0.15) is 10.9 Å². The molecular weight excluding hydrogens is 373 g/mol. The molecule has 1 heterocycles. The average Bonchev–Trinajstić information content (AvgIpc) is 3.07. The molecule has 0 radical (unpaired) electrons. The van der Waals surface area contributed by atoms with Crippen LogP contribution in [0.4, 0.5) is 4.39 Å². The Bertz CT molecular complexity index is 801. The predicted octanol–water partition coefficient (Wildman–Crippen LogP) is 4.69. The molecule has 3 N–H and O–H groups in total. The number of thioether (sulfide) groups is 2. The summed E-state index contributed by atoms with van der Waals surface area (Å²) in [5.74, 6) is -0.0378. The van der Waals surface area contributed by atoms with Gasteiger partial charge in [-0.3, -0.25) is 10.8 Å². The van der Waals surface area contributed by atoms with Gasteiger partial charge in [0.25, 0.3) is 0 Å². The van der Waals surface area contributed by atoms with Gasteiger partial charge in [0, 0.05) is 16.4 Å². The molecule has 0 saturated carbocycles. The third kappa shape index (κ3) is 4.96. The molecule has 0 spiro atoms. The van der Waals surface area contributed by atoms with Gasteiger partial charge in [-0.2, -0.15) is 0 Å². The molecule has 8 heteroatoms. The van der Waals surface area contributed by atoms with Crippen molar-refractivity contribution in [3.05, 3.63) is 47.6 Å². The van der Waals surface area contributed by atoms with Crippen molar-refractivity contribution in [3.63, 3.8) is 0 Å². The van der Waals surface area contributed by atoms with Gasteiger partial charge in [0.2, 0.25) is 0 Å². The van der Waals surface area contributed by atoms with E-state index in [1.165, 1.54) is 23.9 Å². The van der Waals surface area contributed by atoms with Gasteiger partial charge in [-0.1, -0.05) is 30.8 Å². The van der Waals surface area contributed by atoms with Crippen LogP contribution in [-0.4, -0.2) is 31.7 Å². The van der Waals surface area contributed by atoms with E-state index in [0.29, 0.717) is 5.69 Å². The van der Waals surface area contributed by atoms with Crippen LogP contribution in [0.5, 0.6) is 0 Å². The van der Waals surface area contributed by atoms with Crippen LogP contribution in [0.1, 0.15) is 39.1 Å². The topological polar surface area (TPSA) is 94.0 Å². The van der Waals surface area contributed by atoms with Gasteiger partial charge in [-0.15, -0.1) is 11.8 Å². The van der Waals surface area contributed by atoms with Crippen molar-refractivity contribution in [2.45, 2.75) is 42.8 Å². The highest BCUT2D eigenvalue weighted by Crippen LogP contribution is 2.37. The quantitative estimate of drug-likeness (QED) is 0.375. The zero-order valence-electron chi connectivity index (χ0n) is 15.1. The fraction of sp³-hybridized carbons (Fsp3) is 0.389. The van der Waals surface area contributed by atoms with Crippen LogP contribution in [0.25, 0.3) is 0 Å². The van der Waals surface area contributed by atoms with Crippen LogP contribution in [0.2, 0.25) is 0 Å². The molecule has 0 aliphatic carbocycles. The molecule has 0 amide bonds. The van der Waals surface area contributed by atoms with Crippen LogP contribution in [-0.2, 0) is 5.41 Å². The van der Waals surface area contributed by atoms with Crippen molar-refractivity contribution in [1.29, 1.82) is 10.8 Å². The second kappa shape index (κ2) is 7.94. The molecule has 1 aromatic heterocycles. The van der Waals surface area contributed by atoms with Crippen molar-refractivity contribution < 1.29 is 14.0 Å². The van der Waals surface area contributed by atoms with E-state index in [1.54, 1.807) is 18.2 Å².